The Labute approximate surface area is 449 Å². The summed E-state index contributed by atoms with van der Waals surface area (Å²) in [5.41, 5.74) is 17.2. The number of pyridine rings is 5. The van der Waals surface area contributed by atoms with E-state index in [2.05, 4.69) is 72.7 Å². The van der Waals surface area contributed by atoms with E-state index < -0.39 is 41.8 Å². The monoisotopic (exact) mass is 1240 g/mol. The summed E-state index contributed by atoms with van der Waals surface area (Å²) in [5, 5.41) is 0. The zero-order valence-electron chi connectivity index (χ0n) is 41.4. The number of urea groups is 2. The van der Waals surface area contributed by atoms with Crippen LogP contribution < -0.4 is 21.3 Å². The van der Waals surface area contributed by atoms with Crippen molar-refractivity contribution in [3.8, 4) is 11.1 Å². The summed E-state index contributed by atoms with van der Waals surface area (Å²) in [6, 6.07) is 8.59. The van der Waals surface area contributed by atoms with Crippen LogP contribution in [-0.2, 0) is 42.5 Å². The molecule has 5 aromatic heterocycles. The van der Waals surface area contributed by atoms with E-state index in [0.717, 1.165) is 78.0 Å². The molecule has 0 aromatic carbocycles. The number of fused-ring (bicyclic) bond motifs is 2. The highest BCUT2D eigenvalue weighted by Crippen LogP contribution is 2.31. The quantitative estimate of drug-likeness (QED) is 0.112. The normalized spacial score (nSPS) is 14.7. The van der Waals surface area contributed by atoms with Gasteiger partial charge >= 0.3 is 12.1 Å². The largest absolute Gasteiger partial charge is 0.351 e. The molecule has 0 radical (unpaired) electrons. The van der Waals surface area contributed by atoms with Crippen molar-refractivity contribution in [3.63, 3.8) is 0 Å². The number of aryl methyl sites for hydroxylation is 2. The molecule has 0 spiro atoms. The zero-order chi connectivity index (χ0) is 53.6. The van der Waals surface area contributed by atoms with Crippen LogP contribution >= 0.6 is 47.8 Å². The molecule has 4 N–H and O–H groups in total. The van der Waals surface area contributed by atoms with Gasteiger partial charge in [-0.25, -0.2) is 44.8 Å². The van der Waals surface area contributed by atoms with E-state index >= 15 is 0 Å². The van der Waals surface area contributed by atoms with Gasteiger partial charge in [0.05, 0.1) is 17.3 Å². The Morgan fingerprint density at radius 2 is 1.00 bits per heavy atom. The number of aromatic nitrogens is 5. The number of anilines is 2. The number of hydrogen-bond donors (Lipinski definition) is 2. The maximum Gasteiger partial charge on any atom is 0.320 e. The number of hydrogen-bond acceptors (Lipinski definition) is 13. The number of nitrogens with two attached hydrogens (primary N) is 2. The second kappa shape index (κ2) is 27.2. The maximum atomic E-state index is 11.9. The molecule has 0 fully saturated rings. The Bertz CT molecular complexity index is 3010. The standard InChI is InChI=1S/C19H24N4O3S.C10H15BrN2O2S.C10H14BrNO2S.C9H10BrN3O/c1-3-27(25,26)12-13(2)15-8-16(10-21-9-15)17-7-14-5-4-6-23(19(20)24)18(14)22-11-17;1-4-16(14,15)13(3)8(2)9-5-10(11)7-12-6-9;1-3-15(13,14)7-8(2)9-4-10(11)6-12-5-9;10-7-4-6-2-1-3-13(9(11)14)8(6)12-5-7/h7-11,13H,3-6,12H2,1-2H3,(H2,20,24);5-8H,4H2,1-3H3;4-6,8H,3,7H2,1-2H3;4-5H,1-3H2,(H2,11,14)/t13-;2*8-;/m010./s1. The van der Waals surface area contributed by atoms with Gasteiger partial charge in [-0.3, -0.25) is 24.8 Å². The molecule has 0 aliphatic carbocycles. The number of halogens is 3. The minimum atomic E-state index is -3.17. The van der Waals surface area contributed by atoms with Crippen LogP contribution in [0.2, 0.25) is 0 Å². The lowest BCUT2D eigenvalue weighted by molar-refractivity contribution is 0.252. The van der Waals surface area contributed by atoms with Crippen molar-refractivity contribution in [2.24, 2.45) is 11.5 Å². The predicted octanol–water partition coefficient (Wildman–Crippen LogP) is 8.76. The minimum absolute atomic E-state index is 0.0139. The highest BCUT2D eigenvalue weighted by atomic mass is 79.9. The van der Waals surface area contributed by atoms with Crippen LogP contribution in [0.5, 0.6) is 0 Å². The highest BCUT2D eigenvalue weighted by Gasteiger charge is 2.25. The first-order valence-corrected chi connectivity index (χ1v) is 30.7. The fourth-order valence-corrected chi connectivity index (χ4v) is 12.1. The number of carbonyl (C=O) groups excluding carboxylic acids is 2. The van der Waals surface area contributed by atoms with Crippen LogP contribution in [0.3, 0.4) is 0 Å². The second-order valence-corrected chi connectivity index (χ2v) is 27.1. The van der Waals surface area contributed by atoms with Crippen LogP contribution in [0.25, 0.3) is 11.1 Å². The van der Waals surface area contributed by atoms with Crippen molar-refractivity contribution in [1.82, 2.24) is 29.2 Å². The van der Waals surface area contributed by atoms with E-state index in [-0.39, 0.29) is 46.6 Å². The molecule has 0 saturated heterocycles. The fraction of sp³-hybridized carbons (Fsp3) is 0.438. The summed E-state index contributed by atoms with van der Waals surface area (Å²) in [6.45, 7) is 11.8. The van der Waals surface area contributed by atoms with Gasteiger partial charge in [0.2, 0.25) is 10.0 Å². The van der Waals surface area contributed by atoms with E-state index in [1.165, 1.54) is 14.1 Å². The summed E-state index contributed by atoms with van der Waals surface area (Å²) in [5.74, 6) is 1.88. The molecule has 24 heteroatoms. The number of rotatable bonds is 13. The molecule has 7 rings (SSSR count). The Morgan fingerprint density at radius 1 is 0.583 bits per heavy atom. The number of sulfonamides is 1. The molecule has 0 unspecified atom stereocenters. The van der Waals surface area contributed by atoms with Crippen molar-refractivity contribution in [2.45, 2.75) is 85.1 Å². The van der Waals surface area contributed by atoms with Gasteiger partial charge < -0.3 is 11.5 Å². The summed E-state index contributed by atoms with van der Waals surface area (Å²) < 4.78 is 74.1. The molecule has 2 aliphatic heterocycles. The van der Waals surface area contributed by atoms with Crippen molar-refractivity contribution < 1.29 is 34.8 Å². The van der Waals surface area contributed by atoms with Crippen LogP contribution in [0.15, 0.2) is 93.3 Å². The lowest BCUT2D eigenvalue weighted by atomic mass is 9.98. The third-order valence-corrected chi connectivity index (χ3v) is 19.0. The van der Waals surface area contributed by atoms with Gasteiger partial charge in [-0.05, 0) is 157 Å². The predicted molar refractivity (Wildman–Crippen MR) is 295 cm³/mol. The maximum absolute atomic E-state index is 11.9. The molecule has 72 heavy (non-hydrogen) atoms. The number of amides is 4. The van der Waals surface area contributed by atoms with E-state index in [0.29, 0.717) is 24.7 Å². The van der Waals surface area contributed by atoms with Gasteiger partial charge in [-0.2, -0.15) is 4.31 Å². The molecule has 4 amide bonds. The first-order valence-electron chi connectivity index (χ1n) is 23.1. The summed E-state index contributed by atoms with van der Waals surface area (Å²) in [7, 11) is -7.56. The SMILES string of the molecule is CCS(=O)(=O)C[C@H](C)c1cncc(-c2cnc3c(c2)CCCN3C(N)=O)c1.CCS(=O)(=O)C[C@H](C)c1cncc(Br)c1.CCS(=O)(=O)N(C)[C@H](C)c1cncc(Br)c1.NC(=O)N1CCCc2cc(Br)cnc21. The molecule has 3 atom stereocenters. The lowest BCUT2D eigenvalue weighted by Crippen LogP contribution is -2.40. The van der Waals surface area contributed by atoms with Crippen LogP contribution in [0.4, 0.5) is 21.2 Å². The van der Waals surface area contributed by atoms with Gasteiger partial charge in [0, 0.05) is 112 Å². The third-order valence-electron chi connectivity index (χ3n) is 12.0. The highest BCUT2D eigenvalue weighted by molar-refractivity contribution is 9.11. The molecular weight excluding hydrogens is 1180 g/mol. The summed E-state index contributed by atoms with van der Waals surface area (Å²) >= 11 is 9.98. The number of primary amides is 2. The first kappa shape index (κ1) is 60.1. The topological polar surface area (TPSA) is 263 Å². The average molecular weight is 1240 g/mol. The van der Waals surface area contributed by atoms with Crippen molar-refractivity contribution in [2.75, 3.05) is 58.7 Å². The van der Waals surface area contributed by atoms with E-state index in [1.54, 1.807) is 77.4 Å². The van der Waals surface area contributed by atoms with E-state index in [9.17, 15) is 34.8 Å². The van der Waals surface area contributed by atoms with E-state index in [4.69, 9.17) is 11.5 Å². The number of carbonyl (C=O) groups is 2. The van der Waals surface area contributed by atoms with Gasteiger partial charge in [-0.15, -0.1) is 0 Å². The zero-order valence-corrected chi connectivity index (χ0v) is 48.6. The third kappa shape index (κ3) is 17.6. The average Bonchev–Trinajstić information content (AvgIpc) is 3.35. The van der Waals surface area contributed by atoms with Gasteiger partial charge in [0.1, 0.15) is 11.6 Å². The Kier molecular flexibility index (Phi) is 22.7. The van der Waals surface area contributed by atoms with Crippen LogP contribution in [-0.4, -0.2) is 115 Å². The number of sulfone groups is 2. The van der Waals surface area contributed by atoms with Crippen molar-refractivity contribution in [3.05, 3.63) is 121 Å². The fourth-order valence-electron chi connectivity index (χ4n) is 7.57. The van der Waals surface area contributed by atoms with Crippen LogP contribution in [0, 0.1) is 0 Å². The second-order valence-electron chi connectivity index (χ2n) is 17.2. The van der Waals surface area contributed by atoms with Crippen molar-refractivity contribution in [1.29, 1.82) is 0 Å². The Hall–Kier alpha value is -4.46. The molecule has 392 valence electrons. The van der Waals surface area contributed by atoms with Crippen LogP contribution in [0.1, 0.15) is 100 Å². The Morgan fingerprint density at radius 3 is 1.47 bits per heavy atom. The van der Waals surface area contributed by atoms with Gasteiger partial charge in [0.25, 0.3) is 0 Å². The molecule has 18 nitrogen and oxygen atoms in total. The molecular formula is C48H63Br3N10O8S3. The smallest absolute Gasteiger partial charge is 0.320 e. The first-order chi connectivity index (χ1) is 33.8. The summed E-state index contributed by atoms with van der Waals surface area (Å²) in [4.78, 5) is 46.7. The molecule has 5 aromatic rings. The molecule has 2 aliphatic rings. The number of nitrogens with zero attached hydrogens (tertiary/aromatic N) is 8. The van der Waals surface area contributed by atoms with E-state index in [1.807, 2.05) is 51.1 Å². The molecule has 0 saturated carbocycles. The van der Waals surface area contributed by atoms with Gasteiger partial charge in [0.15, 0.2) is 19.7 Å². The molecule has 0 bridgehead atoms. The Balaban J connectivity index is 0.000000218. The minimum Gasteiger partial charge on any atom is -0.351 e. The lowest BCUT2D eigenvalue weighted by Gasteiger charge is -2.27. The van der Waals surface area contributed by atoms with Gasteiger partial charge in [-0.1, -0.05) is 27.7 Å². The van der Waals surface area contributed by atoms with Crippen molar-refractivity contribution >= 4 is 101 Å². The molecule has 7 heterocycles. The summed E-state index contributed by atoms with van der Waals surface area (Å²) in [6.07, 6.45) is 17.1.